The maximum atomic E-state index is 13.5. The lowest BCUT2D eigenvalue weighted by Crippen LogP contribution is -2.12. The quantitative estimate of drug-likeness (QED) is 0.398. The Kier molecular flexibility index (Phi) is 5.86. The van der Waals surface area contributed by atoms with Gasteiger partial charge in [-0.3, -0.25) is 4.79 Å². The molecule has 2 N–H and O–H groups in total. The topological polar surface area (TPSA) is 66.9 Å². The van der Waals surface area contributed by atoms with Crippen molar-refractivity contribution in [2.24, 2.45) is 0 Å². The van der Waals surface area contributed by atoms with Crippen LogP contribution in [0.3, 0.4) is 0 Å². The summed E-state index contributed by atoms with van der Waals surface area (Å²) in [5.41, 5.74) is 2.56. The Morgan fingerprint density at radius 1 is 0.871 bits per heavy atom. The number of benzene rings is 3. The van der Waals surface area contributed by atoms with Gasteiger partial charge in [0.05, 0.1) is 10.7 Å². The first kappa shape index (κ1) is 20.4. The lowest BCUT2D eigenvalue weighted by atomic mass is 10.1. The van der Waals surface area contributed by atoms with E-state index in [9.17, 15) is 13.6 Å². The number of hydrogen-bond donors (Lipinski definition) is 2. The first-order chi connectivity index (χ1) is 15.0. The molecule has 0 aliphatic carbocycles. The average molecular weight is 437 g/mol. The van der Waals surface area contributed by atoms with Crippen molar-refractivity contribution in [2.75, 3.05) is 10.6 Å². The monoisotopic (exact) mass is 436 g/mol. The molecule has 0 fully saturated rings. The molecule has 1 aromatic heterocycles. The first-order valence-corrected chi connectivity index (χ1v) is 9.57. The van der Waals surface area contributed by atoms with Crippen LogP contribution in [0.5, 0.6) is 0 Å². The molecule has 8 heteroatoms. The summed E-state index contributed by atoms with van der Waals surface area (Å²) in [7, 11) is 0. The zero-order valence-electron chi connectivity index (χ0n) is 15.9. The van der Waals surface area contributed by atoms with E-state index in [-0.39, 0.29) is 16.7 Å². The summed E-state index contributed by atoms with van der Waals surface area (Å²) in [6.45, 7) is 0. The van der Waals surface area contributed by atoms with Gasteiger partial charge in [0.15, 0.2) is 0 Å². The van der Waals surface area contributed by atoms with Crippen molar-refractivity contribution in [2.45, 2.75) is 0 Å². The van der Waals surface area contributed by atoms with Gasteiger partial charge in [-0.1, -0.05) is 29.8 Å². The Balaban J connectivity index is 1.51. The summed E-state index contributed by atoms with van der Waals surface area (Å²) in [4.78, 5) is 20.9. The average Bonchev–Trinajstić information content (AvgIpc) is 2.77. The maximum absolute atomic E-state index is 13.5. The number of rotatable bonds is 5. The number of halogens is 3. The van der Waals surface area contributed by atoms with Gasteiger partial charge in [0.25, 0.3) is 5.91 Å². The van der Waals surface area contributed by atoms with Crippen molar-refractivity contribution in [1.82, 2.24) is 9.97 Å². The van der Waals surface area contributed by atoms with E-state index in [1.165, 1.54) is 36.7 Å². The summed E-state index contributed by atoms with van der Waals surface area (Å²) in [6.07, 6.45) is 1.37. The summed E-state index contributed by atoms with van der Waals surface area (Å²) >= 11 is 5.76. The number of aromatic nitrogens is 2. The highest BCUT2D eigenvalue weighted by atomic mass is 35.5. The number of anilines is 3. The van der Waals surface area contributed by atoms with E-state index in [1.807, 2.05) is 0 Å². The normalized spacial score (nSPS) is 10.5. The minimum atomic E-state index is -0.562. The Bertz CT molecular complexity index is 1270. The van der Waals surface area contributed by atoms with Gasteiger partial charge in [0.2, 0.25) is 0 Å². The predicted molar refractivity (Wildman–Crippen MR) is 117 cm³/mol. The van der Waals surface area contributed by atoms with Crippen LogP contribution in [0, 0.1) is 11.6 Å². The second-order valence-electron chi connectivity index (χ2n) is 6.59. The lowest BCUT2D eigenvalue weighted by Gasteiger charge is -2.10. The minimum absolute atomic E-state index is 0.0777. The van der Waals surface area contributed by atoms with Crippen LogP contribution in [0.2, 0.25) is 5.02 Å². The van der Waals surface area contributed by atoms with Crippen molar-refractivity contribution >= 4 is 34.7 Å². The molecule has 0 saturated heterocycles. The van der Waals surface area contributed by atoms with E-state index in [1.54, 1.807) is 42.5 Å². The Labute approximate surface area is 181 Å². The molecule has 31 heavy (non-hydrogen) atoms. The van der Waals surface area contributed by atoms with Crippen molar-refractivity contribution < 1.29 is 13.6 Å². The standard InChI is InChI=1S/C23H15ClF2N4O/c24-19-11-18(7-8-20(19)26)30-23(31)15-4-2-6-17(10-15)29-22-12-21(27-13-28-22)14-3-1-5-16(25)9-14/h1-13H,(H,30,31)(H,27,28,29). The number of carbonyl (C=O) groups excluding carboxylic acids is 1. The van der Waals surface area contributed by atoms with Crippen molar-refractivity contribution in [3.05, 3.63) is 101 Å². The summed E-state index contributed by atoms with van der Waals surface area (Å²) in [5, 5.41) is 5.71. The molecule has 1 amide bonds. The molecule has 0 aliphatic rings. The molecular weight excluding hydrogens is 422 g/mol. The highest BCUT2D eigenvalue weighted by Crippen LogP contribution is 2.23. The van der Waals surface area contributed by atoms with E-state index in [0.29, 0.717) is 34.0 Å². The van der Waals surface area contributed by atoms with E-state index in [0.717, 1.165) is 0 Å². The highest BCUT2D eigenvalue weighted by Gasteiger charge is 2.10. The highest BCUT2D eigenvalue weighted by molar-refractivity contribution is 6.31. The fourth-order valence-corrected chi connectivity index (χ4v) is 3.08. The molecule has 0 radical (unpaired) electrons. The van der Waals surface area contributed by atoms with Crippen LogP contribution in [-0.2, 0) is 0 Å². The Morgan fingerprint density at radius 3 is 2.52 bits per heavy atom. The van der Waals surface area contributed by atoms with Crippen LogP contribution in [-0.4, -0.2) is 15.9 Å². The molecule has 0 spiro atoms. The molecule has 4 aromatic rings. The van der Waals surface area contributed by atoms with Crippen molar-refractivity contribution in [3.8, 4) is 11.3 Å². The third-order valence-corrected chi connectivity index (χ3v) is 4.65. The second kappa shape index (κ2) is 8.89. The molecule has 0 saturated carbocycles. The minimum Gasteiger partial charge on any atom is -0.340 e. The van der Waals surface area contributed by atoms with Gasteiger partial charge in [-0.15, -0.1) is 0 Å². The zero-order valence-corrected chi connectivity index (χ0v) is 16.7. The summed E-state index contributed by atoms with van der Waals surface area (Å²) < 4.78 is 26.8. The van der Waals surface area contributed by atoms with Gasteiger partial charge < -0.3 is 10.6 Å². The van der Waals surface area contributed by atoms with Gasteiger partial charge in [-0.05, 0) is 48.5 Å². The van der Waals surface area contributed by atoms with Crippen molar-refractivity contribution in [1.29, 1.82) is 0 Å². The second-order valence-corrected chi connectivity index (χ2v) is 6.99. The molecule has 4 rings (SSSR count). The molecular formula is C23H15ClF2N4O. The number of amides is 1. The third kappa shape index (κ3) is 5.02. The number of hydrogen-bond acceptors (Lipinski definition) is 4. The van der Waals surface area contributed by atoms with Crippen LogP contribution in [0.25, 0.3) is 11.3 Å². The smallest absolute Gasteiger partial charge is 0.255 e. The van der Waals surface area contributed by atoms with Gasteiger partial charge in [-0.25, -0.2) is 18.7 Å². The molecule has 1 heterocycles. The van der Waals surface area contributed by atoms with Gasteiger partial charge >= 0.3 is 0 Å². The van der Waals surface area contributed by atoms with Crippen LogP contribution in [0.4, 0.5) is 26.0 Å². The van der Waals surface area contributed by atoms with E-state index < -0.39 is 5.82 Å². The maximum Gasteiger partial charge on any atom is 0.255 e. The van der Waals surface area contributed by atoms with E-state index >= 15 is 0 Å². The summed E-state index contributed by atoms with van der Waals surface area (Å²) in [6, 6.07) is 18.5. The molecule has 0 bridgehead atoms. The Hall–Kier alpha value is -3.84. The largest absolute Gasteiger partial charge is 0.340 e. The molecule has 3 aromatic carbocycles. The zero-order chi connectivity index (χ0) is 21.8. The molecule has 0 unspecified atom stereocenters. The third-order valence-electron chi connectivity index (χ3n) is 4.36. The van der Waals surface area contributed by atoms with Gasteiger partial charge in [0.1, 0.15) is 23.8 Å². The molecule has 154 valence electrons. The van der Waals surface area contributed by atoms with Crippen molar-refractivity contribution in [3.63, 3.8) is 0 Å². The lowest BCUT2D eigenvalue weighted by molar-refractivity contribution is 0.102. The van der Waals surface area contributed by atoms with Crippen LogP contribution in [0.1, 0.15) is 10.4 Å². The molecule has 5 nitrogen and oxygen atoms in total. The van der Waals surface area contributed by atoms with E-state index in [4.69, 9.17) is 11.6 Å². The first-order valence-electron chi connectivity index (χ1n) is 9.19. The van der Waals surface area contributed by atoms with Gasteiger partial charge in [0, 0.05) is 28.6 Å². The number of carbonyl (C=O) groups is 1. The molecule has 0 aliphatic heterocycles. The van der Waals surface area contributed by atoms with Crippen LogP contribution < -0.4 is 10.6 Å². The van der Waals surface area contributed by atoms with E-state index in [2.05, 4.69) is 20.6 Å². The summed E-state index contributed by atoms with van der Waals surface area (Å²) in [5.74, 6) is -0.813. The van der Waals surface area contributed by atoms with Crippen LogP contribution >= 0.6 is 11.6 Å². The predicted octanol–water partition coefficient (Wildman–Crippen LogP) is 6.07. The van der Waals surface area contributed by atoms with Gasteiger partial charge in [-0.2, -0.15) is 0 Å². The fraction of sp³-hybridized carbons (Fsp3) is 0. The Morgan fingerprint density at radius 2 is 1.71 bits per heavy atom. The fourth-order valence-electron chi connectivity index (χ4n) is 2.89. The molecule has 0 atom stereocenters. The SMILES string of the molecule is O=C(Nc1ccc(F)c(Cl)c1)c1cccc(Nc2cc(-c3cccc(F)c3)ncn2)c1. The number of nitrogens with one attached hydrogen (secondary N) is 2. The van der Waals surface area contributed by atoms with Crippen LogP contribution in [0.15, 0.2) is 79.1 Å². The number of nitrogens with zero attached hydrogens (tertiary/aromatic N) is 2.